The van der Waals surface area contributed by atoms with Crippen LogP contribution in [0.1, 0.15) is 12.0 Å². The molecule has 4 N–H and O–H groups in total. The van der Waals surface area contributed by atoms with Gasteiger partial charge in [0.15, 0.2) is 0 Å². The number of hydrogen-bond acceptors (Lipinski definition) is 3. The Hall–Kier alpha value is -2.25. The molecule has 0 bridgehead atoms. The lowest BCUT2D eigenvalue weighted by Crippen LogP contribution is -2.39. The molecule has 0 heterocycles. The van der Waals surface area contributed by atoms with Crippen molar-refractivity contribution < 1.29 is 22.8 Å². The van der Waals surface area contributed by atoms with Gasteiger partial charge in [0.1, 0.15) is 6.42 Å². The molecule has 110 valence electrons. The number of anilines is 1. The Bertz CT molecular complexity index is 503. The number of nitrogens with zero attached hydrogens (tertiary/aromatic N) is 1. The van der Waals surface area contributed by atoms with Gasteiger partial charge >= 0.3 is 6.18 Å². The zero-order valence-electron chi connectivity index (χ0n) is 10.5. The predicted molar refractivity (Wildman–Crippen MR) is 66.1 cm³/mol. The third kappa shape index (κ3) is 5.17. The van der Waals surface area contributed by atoms with Gasteiger partial charge < -0.3 is 16.4 Å². The van der Waals surface area contributed by atoms with Crippen molar-refractivity contribution in [2.75, 3.05) is 12.3 Å². The number of carbonyl (C=O) groups excluding carboxylic acids is 2. The smallest absolute Gasteiger partial charge is 0.397 e. The molecule has 0 fully saturated rings. The minimum Gasteiger partial charge on any atom is -0.398 e. The first-order valence-corrected chi connectivity index (χ1v) is 5.65. The molecule has 0 saturated heterocycles. The van der Waals surface area contributed by atoms with E-state index in [0.717, 1.165) is 4.90 Å². The van der Waals surface area contributed by atoms with Crippen LogP contribution in [0.15, 0.2) is 24.3 Å². The van der Waals surface area contributed by atoms with Gasteiger partial charge in [0.25, 0.3) is 0 Å². The van der Waals surface area contributed by atoms with Gasteiger partial charge in [0, 0.05) is 12.2 Å². The Morgan fingerprint density at radius 2 is 1.80 bits per heavy atom. The standard InChI is InChI=1S/C12H14F3N3O2/c13-12(14,15)5-11(20)18(7-10(17)19)6-8-3-1-2-4-9(8)16/h1-4H,5-7,16H2,(H2,17,19). The van der Waals surface area contributed by atoms with Gasteiger partial charge in [-0.1, -0.05) is 18.2 Å². The molecule has 1 rings (SSSR count). The van der Waals surface area contributed by atoms with Crippen LogP contribution in [0.2, 0.25) is 0 Å². The largest absolute Gasteiger partial charge is 0.398 e. The first-order valence-electron chi connectivity index (χ1n) is 5.65. The van der Waals surface area contributed by atoms with Crippen LogP contribution in [0.5, 0.6) is 0 Å². The maximum atomic E-state index is 12.2. The second-order valence-corrected chi connectivity index (χ2v) is 4.21. The fraction of sp³-hybridized carbons (Fsp3) is 0.333. The quantitative estimate of drug-likeness (QED) is 0.793. The monoisotopic (exact) mass is 289 g/mol. The molecule has 0 atom stereocenters. The Kier molecular flexibility index (Phi) is 4.95. The number of alkyl halides is 3. The van der Waals surface area contributed by atoms with Crippen molar-refractivity contribution in [2.45, 2.75) is 19.1 Å². The fourth-order valence-corrected chi connectivity index (χ4v) is 1.59. The minimum absolute atomic E-state index is 0.204. The highest BCUT2D eigenvalue weighted by Gasteiger charge is 2.34. The topological polar surface area (TPSA) is 89.4 Å². The summed E-state index contributed by atoms with van der Waals surface area (Å²) in [4.78, 5) is 23.2. The van der Waals surface area contributed by atoms with Crippen molar-refractivity contribution in [3.63, 3.8) is 0 Å². The fourth-order valence-electron chi connectivity index (χ4n) is 1.59. The van der Waals surface area contributed by atoms with E-state index in [1.807, 2.05) is 0 Å². The lowest BCUT2D eigenvalue weighted by atomic mass is 10.1. The number of carbonyl (C=O) groups is 2. The van der Waals surface area contributed by atoms with Gasteiger partial charge in [0.05, 0.1) is 6.54 Å². The molecule has 2 amide bonds. The Balaban J connectivity index is 2.87. The Morgan fingerprint density at radius 3 is 2.30 bits per heavy atom. The molecular weight excluding hydrogens is 275 g/mol. The lowest BCUT2D eigenvalue weighted by molar-refractivity contribution is -0.162. The summed E-state index contributed by atoms with van der Waals surface area (Å²) in [6, 6.07) is 6.38. The Labute approximate surface area is 113 Å². The van der Waals surface area contributed by atoms with E-state index in [1.165, 1.54) is 0 Å². The maximum absolute atomic E-state index is 12.2. The molecule has 8 heteroatoms. The summed E-state index contributed by atoms with van der Waals surface area (Å²) in [5.41, 5.74) is 11.4. The van der Waals surface area contributed by atoms with E-state index < -0.39 is 31.0 Å². The van der Waals surface area contributed by atoms with E-state index >= 15 is 0 Å². The number of nitrogen functional groups attached to an aromatic ring is 1. The first kappa shape index (κ1) is 15.8. The average Bonchev–Trinajstić information content (AvgIpc) is 2.28. The molecule has 0 unspecified atom stereocenters. The molecule has 0 radical (unpaired) electrons. The molecule has 5 nitrogen and oxygen atoms in total. The molecule has 1 aromatic carbocycles. The molecule has 0 aliphatic rings. The van der Waals surface area contributed by atoms with E-state index in [1.54, 1.807) is 24.3 Å². The summed E-state index contributed by atoms with van der Waals surface area (Å²) in [6.45, 7) is -0.798. The van der Waals surface area contributed by atoms with Crippen molar-refractivity contribution in [1.82, 2.24) is 4.90 Å². The number of rotatable bonds is 5. The zero-order valence-corrected chi connectivity index (χ0v) is 10.5. The zero-order chi connectivity index (χ0) is 15.3. The van der Waals surface area contributed by atoms with Crippen molar-refractivity contribution >= 4 is 17.5 Å². The third-order valence-electron chi connectivity index (χ3n) is 2.47. The molecule has 0 saturated carbocycles. The molecule has 0 aliphatic carbocycles. The van der Waals surface area contributed by atoms with E-state index in [4.69, 9.17) is 11.5 Å². The van der Waals surface area contributed by atoms with Crippen LogP contribution in [0.25, 0.3) is 0 Å². The summed E-state index contributed by atoms with van der Waals surface area (Å²) < 4.78 is 36.7. The molecule has 20 heavy (non-hydrogen) atoms. The number of para-hydroxylation sites is 1. The molecular formula is C12H14F3N3O2. The van der Waals surface area contributed by atoms with E-state index in [0.29, 0.717) is 11.3 Å². The summed E-state index contributed by atoms with van der Waals surface area (Å²) >= 11 is 0. The number of amides is 2. The second-order valence-electron chi connectivity index (χ2n) is 4.21. The van der Waals surface area contributed by atoms with Crippen molar-refractivity contribution in [3.8, 4) is 0 Å². The second kappa shape index (κ2) is 6.27. The van der Waals surface area contributed by atoms with Crippen LogP contribution in [0.4, 0.5) is 18.9 Å². The number of nitrogens with two attached hydrogens (primary N) is 2. The summed E-state index contributed by atoms with van der Waals surface area (Å²) in [5.74, 6) is -2.12. The van der Waals surface area contributed by atoms with Gasteiger partial charge in [-0.2, -0.15) is 13.2 Å². The SMILES string of the molecule is NC(=O)CN(Cc1ccccc1N)C(=O)CC(F)(F)F. The number of halogens is 3. The van der Waals surface area contributed by atoms with Gasteiger partial charge in [-0.15, -0.1) is 0 Å². The number of benzene rings is 1. The highest BCUT2D eigenvalue weighted by molar-refractivity contribution is 5.84. The predicted octanol–water partition coefficient (Wildman–Crippen LogP) is 1.04. The van der Waals surface area contributed by atoms with Gasteiger partial charge in [0.2, 0.25) is 11.8 Å². The van der Waals surface area contributed by atoms with Crippen LogP contribution >= 0.6 is 0 Å². The first-order chi connectivity index (χ1) is 9.19. The van der Waals surface area contributed by atoms with Crippen molar-refractivity contribution in [1.29, 1.82) is 0 Å². The summed E-state index contributed by atoms with van der Waals surface area (Å²) in [6.07, 6.45) is -6.29. The van der Waals surface area contributed by atoms with Crippen LogP contribution < -0.4 is 11.5 Å². The normalized spacial score (nSPS) is 11.2. The van der Waals surface area contributed by atoms with Gasteiger partial charge in [-0.05, 0) is 11.6 Å². The maximum Gasteiger partial charge on any atom is 0.397 e. The number of hydrogen-bond donors (Lipinski definition) is 2. The summed E-state index contributed by atoms with van der Waals surface area (Å²) in [7, 11) is 0. The van der Waals surface area contributed by atoms with Crippen LogP contribution in [0.3, 0.4) is 0 Å². The van der Waals surface area contributed by atoms with Gasteiger partial charge in [-0.3, -0.25) is 9.59 Å². The van der Waals surface area contributed by atoms with Gasteiger partial charge in [-0.25, -0.2) is 0 Å². The molecule has 0 aromatic heterocycles. The van der Waals surface area contributed by atoms with E-state index in [-0.39, 0.29) is 6.54 Å². The van der Waals surface area contributed by atoms with Crippen LogP contribution in [-0.2, 0) is 16.1 Å². The van der Waals surface area contributed by atoms with Crippen molar-refractivity contribution in [3.05, 3.63) is 29.8 Å². The molecule has 1 aromatic rings. The number of primary amides is 1. The average molecular weight is 289 g/mol. The van der Waals surface area contributed by atoms with E-state index in [9.17, 15) is 22.8 Å². The molecule has 0 aliphatic heterocycles. The highest BCUT2D eigenvalue weighted by Crippen LogP contribution is 2.22. The lowest BCUT2D eigenvalue weighted by Gasteiger charge is -2.22. The van der Waals surface area contributed by atoms with Crippen molar-refractivity contribution in [2.24, 2.45) is 5.73 Å². The van der Waals surface area contributed by atoms with Crippen LogP contribution in [0, 0.1) is 0 Å². The highest BCUT2D eigenvalue weighted by atomic mass is 19.4. The Morgan fingerprint density at radius 1 is 1.20 bits per heavy atom. The van der Waals surface area contributed by atoms with Crippen LogP contribution in [-0.4, -0.2) is 29.4 Å². The third-order valence-corrected chi connectivity index (χ3v) is 2.47. The molecule has 0 spiro atoms. The minimum atomic E-state index is -4.64. The summed E-state index contributed by atoms with van der Waals surface area (Å²) in [5, 5.41) is 0. The van der Waals surface area contributed by atoms with E-state index in [2.05, 4.69) is 0 Å².